The summed E-state index contributed by atoms with van der Waals surface area (Å²) in [5.74, 6) is 1.81. The third-order valence-corrected chi connectivity index (χ3v) is 16.9. The topological polar surface area (TPSA) is 25.6 Å². The van der Waals surface area contributed by atoms with Gasteiger partial charge in [0.1, 0.15) is 22.7 Å². The minimum Gasteiger partial charge on any atom is -0.456 e. The Morgan fingerprint density at radius 3 is 1.27 bits per heavy atom. The van der Waals surface area contributed by atoms with E-state index in [9.17, 15) is 0 Å². The predicted octanol–water partition coefficient (Wildman–Crippen LogP) is 18.2. The molecule has 3 aliphatic carbocycles. The first kappa shape index (κ1) is 39.3. The first-order chi connectivity index (χ1) is 36.2. The molecular weight excluding hydrogens is 887 g/mol. The molecule has 0 bridgehead atoms. The van der Waals surface area contributed by atoms with E-state index < -0.39 is 10.8 Å². The van der Waals surface area contributed by atoms with Gasteiger partial charge in [0.05, 0.1) is 22.2 Å². The summed E-state index contributed by atoms with van der Waals surface area (Å²) in [6, 6.07) is 92.2. The van der Waals surface area contributed by atoms with Crippen LogP contribution in [0.4, 0.5) is 17.1 Å². The van der Waals surface area contributed by atoms with Crippen LogP contribution in [0.3, 0.4) is 0 Å². The second-order valence-electron chi connectivity index (χ2n) is 20.1. The van der Waals surface area contributed by atoms with Gasteiger partial charge in [0, 0.05) is 55.6 Å². The fourth-order valence-corrected chi connectivity index (χ4v) is 14.2. The number of para-hydroxylation sites is 1. The summed E-state index contributed by atoms with van der Waals surface area (Å²) in [5.41, 5.74) is 21.1. The largest absolute Gasteiger partial charge is 0.456 e. The molecule has 0 fully saturated rings. The van der Waals surface area contributed by atoms with E-state index in [1.54, 1.807) is 0 Å². The molecule has 1 aliphatic heterocycles. The number of ether oxygens (including phenoxy) is 1. The molecule has 73 heavy (non-hydrogen) atoms. The molecule has 338 valence electrons. The Morgan fingerprint density at radius 1 is 0.288 bits per heavy atom. The molecule has 4 aliphatic rings. The van der Waals surface area contributed by atoms with Crippen molar-refractivity contribution in [2.45, 2.75) is 10.8 Å². The van der Waals surface area contributed by atoms with Gasteiger partial charge in [-0.15, -0.1) is 0 Å². The highest BCUT2D eigenvalue weighted by Crippen LogP contribution is 2.68. The molecule has 2 heterocycles. The minimum atomic E-state index is -0.722. The van der Waals surface area contributed by atoms with Crippen molar-refractivity contribution >= 4 is 60.5 Å². The van der Waals surface area contributed by atoms with Crippen molar-refractivity contribution in [3.8, 4) is 44.9 Å². The molecule has 17 rings (SSSR count). The fourth-order valence-electron chi connectivity index (χ4n) is 14.2. The van der Waals surface area contributed by atoms with Crippen molar-refractivity contribution in [3.63, 3.8) is 0 Å². The quantitative estimate of drug-likeness (QED) is 0.177. The van der Waals surface area contributed by atoms with Crippen LogP contribution in [0, 0.1) is 0 Å². The standard InChI is InChI=1S/C70H41NO2/c1-3-19-45-42(17-1)35-39-59-67(45)73-68-46-20-4-2-18-43(46)36-40-60(68)70(59)56-29-13-8-25-52(56)66-58(70)31-16-33-62(66)71(44-37-38-50-49-23-9-14-34-63(49)72-64(50)41-44)61-32-15-30-57-65(61)51-24-7-12-28-55(51)69(57)53-26-10-5-21-47(53)48-22-6-11-27-54(48)69/h1-41H. The Balaban J connectivity index is 1.00. The lowest BCUT2D eigenvalue weighted by Crippen LogP contribution is -2.32. The number of nitrogens with zero attached hydrogens (tertiary/aromatic N) is 1. The average molecular weight is 928 g/mol. The maximum atomic E-state index is 7.36. The second kappa shape index (κ2) is 14.1. The van der Waals surface area contributed by atoms with Crippen molar-refractivity contribution in [2.75, 3.05) is 4.90 Å². The molecule has 1 aromatic heterocycles. The Hall–Kier alpha value is -9.44. The van der Waals surface area contributed by atoms with Gasteiger partial charge in [0.25, 0.3) is 0 Å². The van der Waals surface area contributed by atoms with Crippen LogP contribution in [0.15, 0.2) is 253 Å². The first-order valence-corrected chi connectivity index (χ1v) is 25.3. The number of furan rings is 1. The molecule has 0 amide bonds. The number of anilines is 3. The molecule has 12 aromatic carbocycles. The Morgan fingerprint density at radius 2 is 0.712 bits per heavy atom. The fraction of sp³-hybridized carbons (Fsp3) is 0.0286. The lowest BCUT2D eigenvalue weighted by atomic mass is 9.65. The molecule has 2 spiro atoms. The molecule has 0 radical (unpaired) electrons. The Kier molecular flexibility index (Phi) is 7.60. The molecule has 0 saturated carbocycles. The van der Waals surface area contributed by atoms with E-state index in [2.05, 4.69) is 254 Å². The van der Waals surface area contributed by atoms with Gasteiger partial charge >= 0.3 is 0 Å². The molecule has 3 heteroatoms. The summed E-state index contributed by atoms with van der Waals surface area (Å²) in [5, 5.41) is 6.70. The van der Waals surface area contributed by atoms with Gasteiger partial charge in [-0.1, -0.05) is 212 Å². The smallest absolute Gasteiger partial charge is 0.140 e. The van der Waals surface area contributed by atoms with Crippen LogP contribution in [0.5, 0.6) is 11.5 Å². The zero-order chi connectivity index (χ0) is 47.6. The molecule has 3 nitrogen and oxygen atoms in total. The third kappa shape index (κ3) is 4.80. The minimum absolute atomic E-state index is 0.514. The predicted molar refractivity (Wildman–Crippen MR) is 297 cm³/mol. The van der Waals surface area contributed by atoms with Gasteiger partial charge in [-0.05, 0) is 96.7 Å². The number of hydrogen-bond donors (Lipinski definition) is 0. The average Bonchev–Trinajstić information content (AvgIpc) is 4.20. The van der Waals surface area contributed by atoms with Crippen LogP contribution in [-0.4, -0.2) is 0 Å². The number of hydrogen-bond acceptors (Lipinski definition) is 3. The van der Waals surface area contributed by atoms with Crippen LogP contribution in [0.25, 0.3) is 76.9 Å². The summed E-state index contributed by atoms with van der Waals surface area (Å²) in [4.78, 5) is 2.55. The van der Waals surface area contributed by atoms with Gasteiger partial charge in [-0.2, -0.15) is 0 Å². The highest BCUT2D eigenvalue weighted by Gasteiger charge is 2.55. The van der Waals surface area contributed by atoms with Crippen molar-refractivity contribution in [2.24, 2.45) is 0 Å². The van der Waals surface area contributed by atoms with Crippen LogP contribution in [-0.2, 0) is 10.8 Å². The third-order valence-electron chi connectivity index (χ3n) is 16.9. The number of benzene rings is 12. The van der Waals surface area contributed by atoms with Gasteiger partial charge in [-0.3, -0.25) is 0 Å². The first-order valence-electron chi connectivity index (χ1n) is 25.3. The lowest BCUT2D eigenvalue weighted by Gasteiger charge is -2.40. The van der Waals surface area contributed by atoms with Crippen LogP contribution in [0.1, 0.15) is 44.5 Å². The zero-order valence-electron chi connectivity index (χ0n) is 39.4. The van der Waals surface area contributed by atoms with Crippen molar-refractivity contribution in [3.05, 3.63) is 293 Å². The van der Waals surface area contributed by atoms with Crippen LogP contribution >= 0.6 is 0 Å². The number of rotatable bonds is 3. The van der Waals surface area contributed by atoms with Crippen molar-refractivity contribution < 1.29 is 9.15 Å². The summed E-state index contributed by atoms with van der Waals surface area (Å²) in [7, 11) is 0. The highest BCUT2D eigenvalue weighted by molar-refractivity contribution is 6.09. The normalized spacial score (nSPS) is 14.4. The maximum absolute atomic E-state index is 7.36. The van der Waals surface area contributed by atoms with E-state index in [0.717, 1.165) is 83.2 Å². The second-order valence-corrected chi connectivity index (χ2v) is 20.1. The molecule has 0 unspecified atom stereocenters. The van der Waals surface area contributed by atoms with Gasteiger partial charge in [0.2, 0.25) is 0 Å². The maximum Gasteiger partial charge on any atom is 0.140 e. The molecule has 0 saturated heterocycles. The molecule has 0 atom stereocenters. The number of fused-ring (bicyclic) bond motifs is 26. The van der Waals surface area contributed by atoms with Crippen LogP contribution < -0.4 is 9.64 Å². The van der Waals surface area contributed by atoms with Gasteiger partial charge in [-0.25, -0.2) is 0 Å². The molecular formula is C70H41NO2. The van der Waals surface area contributed by atoms with E-state index in [0.29, 0.717) is 0 Å². The summed E-state index contributed by atoms with van der Waals surface area (Å²) in [6.07, 6.45) is 0. The Bertz CT molecular complexity index is 4440. The Labute approximate surface area is 421 Å². The van der Waals surface area contributed by atoms with E-state index in [1.807, 2.05) is 0 Å². The van der Waals surface area contributed by atoms with Crippen LogP contribution in [0.2, 0.25) is 0 Å². The van der Waals surface area contributed by atoms with E-state index in [4.69, 9.17) is 9.15 Å². The zero-order valence-corrected chi connectivity index (χ0v) is 39.4. The van der Waals surface area contributed by atoms with E-state index in [-0.39, 0.29) is 0 Å². The summed E-state index contributed by atoms with van der Waals surface area (Å²) >= 11 is 0. The monoisotopic (exact) mass is 927 g/mol. The molecule has 13 aromatic rings. The van der Waals surface area contributed by atoms with Crippen molar-refractivity contribution in [1.29, 1.82) is 0 Å². The molecule has 0 N–H and O–H groups in total. The lowest BCUT2D eigenvalue weighted by molar-refractivity contribution is 0.447. The van der Waals surface area contributed by atoms with Gasteiger partial charge in [0.15, 0.2) is 0 Å². The van der Waals surface area contributed by atoms with E-state index >= 15 is 0 Å². The SMILES string of the molecule is c1ccc2c(c1)-c1ccccc1C21c2ccccc2-c2c(N(c3ccc4c(c3)oc3ccccc34)c3cccc4c3-c3ccccc3C43c4ccc5ccccc5c4Oc4c3ccc3ccccc43)cccc21. The summed E-state index contributed by atoms with van der Waals surface area (Å²) in [6.45, 7) is 0. The van der Waals surface area contributed by atoms with Crippen molar-refractivity contribution in [1.82, 2.24) is 0 Å². The summed E-state index contributed by atoms with van der Waals surface area (Å²) < 4.78 is 14.1. The van der Waals surface area contributed by atoms with Gasteiger partial charge < -0.3 is 14.1 Å². The van der Waals surface area contributed by atoms with E-state index in [1.165, 1.54) is 66.8 Å². The highest BCUT2D eigenvalue weighted by atomic mass is 16.5.